The standard InChI is InChI=1S/C26H28F3N5O4/c1-31(2)11-12-32-13-15-33(16-14-32)25(35)21-17-22(18-7-9-19(10-8-18)38-26(27,28)29)30-24(21)20-5-3-4-6-23(20)34(36)37/h3-10,17,30H,11-16H2,1-2H3. The molecule has 1 aliphatic heterocycles. The number of nitrogens with one attached hydrogen (secondary N) is 1. The molecular weight excluding hydrogens is 503 g/mol. The number of nitro groups is 1. The summed E-state index contributed by atoms with van der Waals surface area (Å²) in [5.74, 6) is -0.653. The van der Waals surface area contributed by atoms with Crippen LogP contribution in [0.1, 0.15) is 10.4 Å². The van der Waals surface area contributed by atoms with E-state index >= 15 is 0 Å². The van der Waals surface area contributed by atoms with Crippen LogP contribution in [0, 0.1) is 10.1 Å². The molecule has 4 rings (SSSR count). The van der Waals surface area contributed by atoms with Gasteiger partial charge in [-0.3, -0.25) is 19.8 Å². The molecule has 1 N–H and O–H groups in total. The number of halogens is 3. The molecule has 9 nitrogen and oxygen atoms in total. The SMILES string of the molecule is CN(C)CCN1CCN(C(=O)c2cc(-c3ccc(OC(F)(F)F)cc3)[nH]c2-c2ccccc2[N+](=O)[O-])CC1. The Morgan fingerprint density at radius 3 is 2.34 bits per heavy atom. The Morgan fingerprint density at radius 2 is 1.74 bits per heavy atom. The molecule has 0 atom stereocenters. The Kier molecular flexibility index (Phi) is 8.02. The van der Waals surface area contributed by atoms with Gasteiger partial charge in [-0.15, -0.1) is 13.2 Å². The quantitative estimate of drug-likeness (QED) is 0.340. The molecule has 1 amide bonds. The first-order valence-corrected chi connectivity index (χ1v) is 12.0. The number of amides is 1. The number of alkyl halides is 3. The number of nitrogens with zero attached hydrogens (tertiary/aromatic N) is 4. The lowest BCUT2D eigenvalue weighted by Gasteiger charge is -2.35. The number of aromatic amines is 1. The average molecular weight is 532 g/mol. The highest BCUT2D eigenvalue weighted by atomic mass is 19.4. The Balaban J connectivity index is 1.66. The molecule has 202 valence electrons. The molecule has 0 radical (unpaired) electrons. The number of nitro benzene ring substituents is 1. The molecule has 0 aliphatic carbocycles. The fraction of sp³-hybridized carbons (Fsp3) is 0.346. The van der Waals surface area contributed by atoms with Crippen molar-refractivity contribution in [3.63, 3.8) is 0 Å². The Morgan fingerprint density at radius 1 is 1.08 bits per heavy atom. The van der Waals surface area contributed by atoms with Crippen molar-refractivity contribution in [2.75, 3.05) is 53.4 Å². The van der Waals surface area contributed by atoms with Crippen LogP contribution in [0.4, 0.5) is 18.9 Å². The molecule has 1 aliphatic rings. The Bertz CT molecular complexity index is 1280. The van der Waals surface area contributed by atoms with Crippen LogP contribution < -0.4 is 4.74 Å². The summed E-state index contributed by atoms with van der Waals surface area (Å²) in [5.41, 5.74) is 1.54. The van der Waals surface area contributed by atoms with Gasteiger partial charge in [-0.1, -0.05) is 12.1 Å². The van der Waals surface area contributed by atoms with Crippen LogP contribution in [0.3, 0.4) is 0 Å². The van der Waals surface area contributed by atoms with Crippen molar-refractivity contribution in [1.82, 2.24) is 19.7 Å². The summed E-state index contributed by atoms with van der Waals surface area (Å²) >= 11 is 0. The lowest BCUT2D eigenvalue weighted by atomic mass is 10.0. The monoisotopic (exact) mass is 531 g/mol. The smallest absolute Gasteiger partial charge is 0.406 e. The summed E-state index contributed by atoms with van der Waals surface area (Å²) in [4.78, 5) is 34.1. The van der Waals surface area contributed by atoms with Crippen molar-refractivity contribution in [3.8, 4) is 28.3 Å². The van der Waals surface area contributed by atoms with Crippen LogP contribution in [0.15, 0.2) is 54.6 Å². The van der Waals surface area contributed by atoms with E-state index in [1.165, 1.54) is 30.3 Å². The summed E-state index contributed by atoms with van der Waals surface area (Å²) in [5, 5.41) is 11.7. The zero-order valence-electron chi connectivity index (χ0n) is 21.0. The van der Waals surface area contributed by atoms with E-state index < -0.39 is 11.3 Å². The van der Waals surface area contributed by atoms with Crippen molar-refractivity contribution in [2.24, 2.45) is 0 Å². The van der Waals surface area contributed by atoms with E-state index in [0.29, 0.717) is 37.4 Å². The van der Waals surface area contributed by atoms with E-state index in [1.54, 1.807) is 29.2 Å². The van der Waals surface area contributed by atoms with E-state index in [2.05, 4.69) is 19.5 Å². The van der Waals surface area contributed by atoms with Crippen molar-refractivity contribution < 1.29 is 27.6 Å². The third kappa shape index (κ3) is 6.50. The molecule has 0 spiro atoms. The molecule has 2 aromatic carbocycles. The topological polar surface area (TPSA) is 94.9 Å². The number of carbonyl (C=O) groups excluding carboxylic acids is 1. The van der Waals surface area contributed by atoms with E-state index in [-0.39, 0.29) is 34.2 Å². The van der Waals surface area contributed by atoms with Gasteiger partial charge in [-0.2, -0.15) is 0 Å². The number of aromatic nitrogens is 1. The van der Waals surface area contributed by atoms with E-state index in [0.717, 1.165) is 13.1 Å². The van der Waals surface area contributed by atoms with Crippen LogP contribution in [-0.4, -0.2) is 90.2 Å². The number of carbonyl (C=O) groups is 1. The number of likely N-dealkylation sites (N-methyl/N-ethyl adjacent to an activating group) is 1. The number of piperazine rings is 1. The number of hydrogen-bond acceptors (Lipinski definition) is 6. The van der Waals surface area contributed by atoms with Gasteiger partial charge in [0.15, 0.2) is 0 Å². The summed E-state index contributed by atoms with van der Waals surface area (Å²) in [7, 11) is 4.01. The normalized spacial score (nSPS) is 14.6. The number of ether oxygens (including phenoxy) is 1. The van der Waals surface area contributed by atoms with Gasteiger partial charge in [0, 0.05) is 51.0 Å². The van der Waals surface area contributed by atoms with Gasteiger partial charge < -0.3 is 19.5 Å². The lowest BCUT2D eigenvalue weighted by molar-refractivity contribution is -0.384. The molecule has 12 heteroatoms. The minimum Gasteiger partial charge on any atom is -0.406 e. The molecule has 0 bridgehead atoms. The minimum absolute atomic E-state index is 0.169. The second-order valence-electron chi connectivity index (χ2n) is 9.26. The highest BCUT2D eigenvalue weighted by Crippen LogP contribution is 2.36. The first-order valence-electron chi connectivity index (χ1n) is 12.0. The van der Waals surface area contributed by atoms with E-state index in [4.69, 9.17) is 0 Å². The zero-order chi connectivity index (χ0) is 27.4. The van der Waals surface area contributed by atoms with Crippen molar-refractivity contribution in [2.45, 2.75) is 6.36 Å². The first-order chi connectivity index (χ1) is 18.0. The Labute approximate surface area is 217 Å². The van der Waals surface area contributed by atoms with Crippen LogP contribution >= 0.6 is 0 Å². The number of rotatable bonds is 8. The fourth-order valence-corrected chi connectivity index (χ4v) is 4.36. The summed E-state index contributed by atoms with van der Waals surface area (Å²) < 4.78 is 41.6. The van der Waals surface area contributed by atoms with Crippen LogP contribution in [0.2, 0.25) is 0 Å². The maximum absolute atomic E-state index is 13.7. The third-order valence-corrected chi connectivity index (χ3v) is 6.34. The Hall–Kier alpha value is -3.90. The first kappa shape index (κ1) is 27.1. The molecule has 1 fully saturated rings. The highest BCUT2D eigenvalue weighted by molar-refractivity contribution is 6.02. The van der Waals surface area contributed by atoms with Gasteiger partial charge >= 0.3 is 6.36 Å². The highest BCUT2D eigenvalue weighted by Gasteiger charge is 2.31. The molecule has 0 saturated carbocycles. The molecule has 3 aromatic rings. The predicted octanol–water partition coefficient (Wildman–Crippen LogP) is 4.47. The molecule has 2 heterocycles. The molecule has 38 heavy (non-hydrogen) atoms. The molecular formula is C26H28F3N5O4. The van der Waals surface area contributed by atoms with Crippen LogP contribution in [0.25, 0.3) is 22.5 Å². The predicted molar refractivity (Wildman–Crippen MR) is 136 cm³/mol. The zero-order valence-corrected chi connectivity index (χ0v) is 21.0. The van der Waals surface area contributed by atoms with E-state index in [1.807, 2.05) is 14.1 Å². The number of hydrogen-bond donors (Lipinski definition) is 1. The third-order valence-electron chi connectivity index (χ3n) is 6.34. The summed E-state index contributed by atoms with van der Waals surface area (Å²) in [6, 6.07) is 12.9. The van der Waals surface area contributed by atoms with Gasteiger partial charge in [0.25, 0.3) is 11.6 Å². The molecule has 1 saturated heterocycles. The number of H-pyrrole nitrogens is 1. The number of para-hydroxylation sites is 1. The van der Waals surface area contributed by atoms with Crippen molar-refractivity contribution >= 4 is 11.6 Å². The van der Waals surface area contributed by atoms with Gasteiger partial charge in [0.2, 0.25) is 0 Å². The minimum atomic E-state index is -4.82. The van der Waals surface area contributed by atoms with Gasteiger partial charge in [0.05, 0.1) is 21.7 Å². The molecule has 1 aromatic heterocycles. The largest absolute Gasteiger partial charge is 0.573 e. The van der Waals surface area contributed by atoms with Crippen molar-refractivity contribution in [1.29, 1.82) is 0 Å². The summed E-state index contributed by atoms with van der Waals surface area (Å²) in [6.45, 7) is 4.22. The second kappa shape index (κ2) is 11.2. The van der Waals surface area contributed by atoms with E-state index in [9.17, 15) is 28.1 Å². The average Bonchev–Trinajstić information content (AvgIpc) is 3.32. The van der Waals surface area contributed by atoms with Crippen LogP contribution in [0.5, 0.6) is 5.75 Å². The van der Waals surface area contributed by atoms with Crippen molar-refractivity contribution in [3.05, 3.63) is 70.3 Å². The lowest BCUT2D eigenvalue weighted by Crippen LogP contribution is -2.50. The number of benzene rings is 2. The maximum atomic E-state index is 13.7. The van der Waals surface area contributed by atoms with Gasteiger partial charge in [0.1, 0.15) is 5.75 Å². The summed E-state index contributed by atoms with van der Waals surface area (Å²) in [6.07, 6.45) is -4.82. The van der Waals surface area contributed by atoms with Gasteiger partial charge in [-0.25, -0.2) is 0 Å². The second-order valence-corrected chi connectivity index (χ2v) is 9.26. The van der Waals surface area contributed by atoms with Crippen LogP contribution in [-0.2, 0) is 0 Å². The maximum Gasteiger partial charge on any atom is 0.573 e. The molecule has 0 unspecified atom stereocenters. The van der Waals surface area contributed by atoms with Gasteiger partial charge in [-0.05, 0) is 56.1 Å². The fourth-order valence-electron chi connectivity index (χ4n) is 4.36.